The molecule has 2 rings (SSSR count). The van der Waals surface area contributed by atoms with Crippen molar-refractivity contribution in [1.82, 2.24) is 20.4 Å². The van der Waals surface area contributed by atoms with Crippen LogP contribution in [0.25, 0.3) is 0 Å². The van der Waals surface area contributed by atoms with Crippen LogP contribution in [0.15, 0.2) is 6.07 Å². The van der Waals surface area contributed by atoms with E-state index in [0.717, 1.165) is 0 Å². The van der Waals surface area contributed by atoms with Gasteiger partial charge >= 0.3 is 0 Å². The molecule has 0 aliphatic rings. The SMILES string of the molecule is COCC(=O)Nc1c(I)c(C(=O)NCC(O)CO)cc(C(=O)NC(I)C(=O)Nc2c(I)c(C(=O)N(CCO)CCO)c(I)c(C(=O)N(CCO)CCO)c2I)c1I. The summed E-state index contributed by atoms with van der Waals surface area (Å²) in [6.07, 6.45) is -1.26. The average molecular weight is 1480 g/mol. The van der Waals surface area contributed by atoms with E-state index in [1.165, 1.54) is 23.0 Å². The molecule has 57 heavy (non-hydrogen) atoms. The van der Waals surface area contributed by atoms with E-state index in [2.05, 4.69) is 21.3 Å². The second-order valence-electron chi connectivity index (χ2n) is 11.4. The molecule has 10 N–H and O–H groups in total. The van der Waals surface area contributed by atoms with E-state index in [9.17, 15) is 54.3 Å². The number of hydrogen-bond donors (Lipinski definition) is 10. The first-order valence-corrected chi connectivity index (χ1v) is 23.0. The van der Waals surface area contributed by atoms with E-state index in [1.54, 1.807) is 45.2 Å². The Bertz CT molecular complexity index is 1760. The molecule has 2 aromatic rings. The Morgan fingerprint density at radius 1 is 0.684 bits per heavy atom. The van der Waals surface area contributed by atoms with Crippen molar-refractivity contribution < 1.29 is 64.1 Å². The van der Waals surface area contributed by atoms with Gasteiger partial charge in [0.25, 0.3) is 29.5 Å². The average Bonchev–Trinajstić information content (AvgIpc) is 3.16. The lowest BCUT2D eigenvalue weighted by atomic mass is 10.1. The summed E-state index contributed by atoms with van der Waals surface area (Å²) in [5.41, 5.74) is -0.148. The van der Waals surface area contributed by atoms with Crippen molar-refractivity contribution in [3.63, 3.8) is 0 Å². The number of anilines is 2. The normalized spacial score (nSPS) is 12.0. The second kappa shape index (κ2) is 26.0. The maximum Gasteiger partial charge on any atom is 0.257 e. The Kier molecular flexibility index (Phi) is 23.9. The van der Waals surface area contributed by atoms with Gasteiger partial charge in [0.2, 0.25) is 5.91 Å². The molecule has 0 aliphatic carbocycles. The number of alkyl halides is 1. The van der Waals surface area contributed by atoms with Crippen molar-refractivity contribution in [3.8, 4) is 0 Å². The lowest BCUT2D eigenvalue weighted by molar-refractivity contribution is -0.119. The van der Waals surface area contributed by atoms with Crippen LogP contribution < -0.4 is 21.3 Å². The van der Waals surface area contributed by atoms with Crippen LogP contribution >= 0.6 is 136 Å². The number of rotatable bonds is 21. The first-order chi connectivity index (χ1) is 26.9. The van der Waals surface area contributed by atoms with Crippen molar-refractivity contribution in [2.45, 2.75) is 10.2 Å². The number of carbonyl (C=O) groups excluding carboxylic acids is 6. The molecule has 0 fully saturated rings. The predicted octanol–water partition coefficient (Wildman–Crippen LogP) is 0.361. The molecule has 0 aliphatic heterocycles. The summed E-state index contributed by atoms with van der Waals surface area (Å²) in [4.78, 5) is 83.6. The maximum absolute atomic E-state index is 13.9. The van der Waals surface area contributed by atoms with Gasteiger partial charge < -0.3 is 66.4 Å². The van der Waals surface area contributed by atoms with Gasteiger partial charge in [-0.3, -0.25) is 28.8 Å². The molecule has 0 bridgehead atoms. The van der Waals surface area contributed by atoms with E-state index in [0.29, 0.717) is 0 Å². The second-order valence-corrected chi connectivity index (χ2v) is 18.0. The van der Waals surface area contributed by atoms with Gasteiger partial charge in [0, 0.05) is 43.4 Å². The van der Waals surface area contributed by atoms with Crippen LogP contribution in [0.5, 0.6) is 0 Å². The number of aliphatic hydroxyl groups is 6. The molecule has 2 aromatic carbocycles. The summed E-state index contributed by atoms with van der Waals surface area (Å²) in [6, 6.07) is 1.24. The van der Waals surface area contributed by atoms with Crippen LogP contribution in [-0.2, 0) is 14.3 Å². The van der Waals surface area contributed by atoms with Crippen LogP contribution in [0.4, 0.5) is 11.4 Å². The fourth-order valence-corrected chi connectivity index (χ4v) is 11.7. The quantitative estimate of drug-likeness (QED) is 0.0460. The number of hydrogen-bond acceptors (Lipinski definition) is 13. The van der Waals surface area contributed by atoms with Gasteiger partial charge in [0.15, 0.2) is 4.05 Å². The number of ether oxygens (including phenoxy) is 1. The van der Waals surface area contributed by atoms with Gasteiger partial charge in [-0.05, 0) is 142 Å². The highest BCUT2D eigenvalue weighted by atomic mass is 127. The van der Waals surface area contributed by atoms with Crippen LogP contribution in [-0.4, -0.2) is 166 Å². The van der Waals surface area contributed by atoms with E-state index >= 15 is 0 Å². The summed E-state index contributed by atoms with van der Waals surface area (Å²) in [6.45, 7) is -3.66. The third-order valence-electron chi connectivity index (χ3n) is 7.47. The standard InChI is InChI=1S/C32H38I6N6O13/c1-57-13-17(51)40-25-20(33)15(28(52)39-11-14(50)12-49)10-16(21(25)34)29(53)42-27(38)30(54)41-26-23(36)18(31(55)43(2-6-45)3-7-46)22(35)19(24(26)37)32(56)44(4-8-47)5-9-48/h10,14,27,45-50H,2-9,11-13H2,1H3,(H,39,52)(H,40,51)(H,41,54)(H,42,53). The number of amides is 6. The molecule has 316 valence electrons. The fraction of sp³-hybridized carbons (Fsp3) is 0.438. The largest absolute Gasteiger partial charge is 0.395 e. The molecular formula is C32H38I6N6O13. The number of benzene rings is 2. The molecule has 0 radical (unpaired) electrons. The summed E-state index contributed by atoms with van der Waals surface area (Å²) in [7, 11) is 1.30. The molecule has 25 heteroatoms. The van der Waals surface area contributed by atoms with Crippen LogP contribution in [0.3, 0.4) is 0 Å². The number of halogens is 6. The van der Waals surface area contributed by atoms with E-state index in [-0.39, 0.29) is 90.8 Å². The molecule has 2 atom stereocenters. The Labute approximate surface area is 408 Å². The van der Waals surface area contributed by atoms with Crippen LogP contribution in [0.1, 0.15) is 41.4 Å². The monoisotopic (exact) mass is 1480 g/mol. The molecule has 0 saturated heterocycles. The summed E-state index contributed by atoms with van der Waals surface area (Å²) in [5.74, 6) is -4.33. The highest BCUT2D eigenvalue weighted by Gasteiger charge is 2.33. The van der Waals surface area contributed by atoms with Gasteiger partial charge in [-0.1, -0.05) is 0 Å². The molecule has 0 heterocycles. The molecule has 0 spiro atoms. The van der Waals surface area contributed by atoms with Gasteiger partial charge in [-0.15, -0.1) is 0 Å². The summed E-state index contributed by atoms with van der Waals surface area (Å²) >= 11 is 10.7. The zero-order valence-corrected chi connectivity index (χ0v) is 42.7. The number of carbonyl (C=O) groups is 6. The zero-order valence-electron chi connectivity index (χ0n) is 29.7. The topological polar surface area (TPSA) is 288 Å². The third kappa shape index (κ3) is 14.2. The lowest BCUT2D eigenvalue weighted by Crippen LogP contribution is -2.41. The first-order valence-electron chi connectivity index (χ1n) is 16.3. The van der Waals surface area contributed by atoms with Crippen molar-refractivity contribution >= 4 is 182 Å². The maximum atomic E-state index is 13.9. The van der Waals surface area contributed by atoms with Gasteiger partial charge in [-0.25, -0.2) is 0 Å². The van der Waals surface area contributed by atoms with E-state index in [4.69, 9.17) is 9.84 Å². The fourth-order valence-electron chi connectivity index (χ4n) is 4.78. The summed E-state index contributed by atoms with van der Waals surface area (Å²) in [5, 5.41) is 67.7. The minimum Gasteiger partial charge on any atom is -0.395 e. The van der Waals surface area contributed by atoms with Crippen LogP contribution in [0, 0.1) is 17.9 Å². The van der Waals surface area contributed by atoms with Crippen molar-refractivity contribution in [2.24, 2.45) is 0 Å². The Balaban J connectivity index is 2.67. The van der Waals surface area contributed by atoms with Crippen molar-refractivity contribution in [1.29, 1.82) is 0 Å². The Morgan fingerprint density at radius 3 is 1.54 bits per heavy atom. The molecule has 6 amide bonds. The van der Waals surface area contributed by atoms with Crippen molar-refractivity contribution in [2.75, 3.05) is 90.1 Å². The molecule has 2 unspecified atom stereocenters. The number of methoxy groups -OCH3 is 1. The predicted molar refractivity (Wildman–Crippen MR) is 256 cm³/mol. The van der Waals surface area contributed by atoms with Gasteiger partial charge in [-0.2, -0.15) is 0 Å². The molecule has 0 aromatic heterocycles. The Morgan fingerprint density at radius 2 is 1.12 bits per heavy atom. The first kappa shape index (κ1) is 52.5. The molecule has 19 nitrogen and oxygen atoms in total. The Hall–Kier alpha value is -0.640. The van der Waals surface area contributed by atoms with E-state index in [1.807, 2.05) is 90.4 Å². The number of nitrogens with one attached hydrogen (secondary N) is 4. The smallest absolute Gasteiger partial charge is 0.257 e. The third-order valence-corrected chi connectivity index (χ3v) is 13.8. The minimum absolute atomic E-state index is 0.0149. The minimum atomic E-state index is -1.33. The molecule has 0 saturated carbocycles. The highest BCUT2D eigenvalue weighted by Crippen LogP contribution is 2.38. The zero-order chi connectivity index (χ0) is 43.1. The molecular weight excluding hydrogens is 1440 g/mol. The van der Waals surface area contributed by atoms with Gasteiger partial charge in [0.05, 0.1) is 87.0 Å². The highest BCUT2D eigenvalue weighted by molar-refractivity contribution is 14.1. The van der Waals surface area contributed by atoms with Crippen LogP contribution in [0.2, 0.25) is 0 Å². The van der Waals surface area contributed by atoms with Gasteiger partial charge in [0.1, 0.15) is 6.61 Å². The number of aliphatic hydroxyl groups excluding tert-OH is 6. The van der Waals surface area contributed by atoms with E-state index < -0.39 is 78.6 Å². The lowest BCUT2D eigenvalue weighted by Gasteiger charge is -2.27. The van der Waals surface area contributed by atoms with Crippen molar-refractivity contribution in [3.05, 3.63) is 46.2 Å². The summed E-state index contributed by atoms with van der Waals surface area (Å²) < 4.78 is 4.54. The number of nitrogens with zero attached hydrogens (tertiary/aromatic N) is 2.